The van der Waals surface area contributed by atoms with Crippen LogP contribution in [0.25, 0.3) is 0 Å². The lowest BCUT2D eigenvalue weighted by Crippen LogP contribution is -2.20. The van der Waals surface area contributed by atoms with Gasteiger partial charge in [-0.15, -0.1) is 0 Å². The lowest BCUT2D eigenvalue weighted by Gasteiger charge is -2.11. The average molecular weight is 296 g/mol. The summed E-state index contributed by atoms with van der Waals surface area (Å²) in [5.74, 6) is 0.783. The Labute approximate surface area is 129 Å². The number of amides is 1. The SMILES string of the molecule is COc1cc(C)ccc1OCC(=O)Nc1cccc(C#N)c1. The molecule has 0 saturated heterocycles. The van der Waals surface area contributed by atoms with Crippen molar-refractivity contribution in [3.05, 3.63) is 53.6 Å². The predicted molar refractivity (Wildman–Crippen MR) is 83.0 cm³/mol. The molecule has 0 unspecified atom stereocenters. The molecule has 0 aliphatic carbocycles. The molecule has 0 heterocycles. The monoisotopic (exact) mass is 296 g/mol. The summed E-state index contributed by atoms with van der Waals surface area (Å²) >= 11 is 0. The number of hydrogen-bond acceptors (Lipinski definition) is 4. The number of nitrogens with one attached hydrogen (secondary N) is 1. The van der Waals surface area contributed by atoms with Crippen LogP contribution in [0.1, 0.15) is 11.1 Å². The molecule has 5 nitrogen and oxygen atoms in total. The molecule has 0 bridgehead atoms. The van der Waals surface area contributed by atoms with Crippen LogP contribution in [-0.2, 0) is 4.79 Å². The van der Waals surface area contributed by atoms with Gasteiger partial charge in [0.2, 0.25) is 0 Å². The van der Waals surface area contributed by atoms with E-state index in [2.05, 4.69) is 5.32 Å². The number of methoxy groups -OCH3 is 1. The molecule has 5 heteroatoms. The first-order chi connectivity index (χ1) is 10.6. The molecule has 0 fully saturated rings. The van der Waals surface area contributed by atoms with Crippen molar-refractivity contribution in [1.29, 1.82) is 5.26 Å². The first-order valence-electron chi connectivity index (χ1n) is 6.70. The maximum absolute atomic E-state index is 11.9. The van der Waals surface area contributed by atoms with Crippen LogP contribution < -0.4 is 14.8 Å². The molecular weight excluding hydrogens is 280 g/mol. The highest BCUT2D eigenvalue weighted by atomic mass is 16.5. The van der Waals surface area contributed by atoms with Gasteiger partial charge in [-0.25, -0.2) is 0 Å². The van der Waals surface area contributed by atoms with E-state index in [1.54, 1.807) is 37.4 Å². The average Bonchev–Trinajstić information content (AvgIpc) is 2.53. The molecule has 2 aromatic rings. The van der Waals surface area contributed by atoms with E-state index in [0.29, 0.717) is 22.7 Å². The Morgan fingerprint density at radius 1 is 1.23 bits per heavy atom. The molecule has 1 amide bonds. The van der Waals surface area contributed by atoms with Gasteiger partial charge in [-0.1, -0.05) is 12.1 Å². The minimum atomic E-state index is -0.308. The van der Waals surface area contributed by atoms with Crippen molar-refractivity contribution in [2.24, 2.45) is 0 Å². The van der Waals surface area contributed by atoms with Crippen molar-refractivity contribution < 1.29 is 14.3 Å². The molecule has 112 valence electrons. The van der Waals surface area contributed by atoms with Crippen LogP contribution in [0.5, 0.6) is 11.5 Å². The molecule has 0 atom stereocenters. The number of aryl methyl sites for hydroxylation is 1. The fourth-order valence-electron chi connectivity index (χ4n) is 1.90. The Bertz CT molecular complexity index is 720. The lowest BCUT2D eigenvalue weighted by atomic mass is 10.2. The molecule has 0 aliphatic rings. The highest BCUT2D eigenvalue weighted by Crippen LogP contribution is 2.27. The summed E-state index contributed by atoms with van der Waals surface area (Å²) in [6.07, 6.45) is 0. The molecule has 0 spiro atoms. The van der Waals surface area contributed by atoms with Gasteiger partial charge in [0.25, 0.3) is 5.91 Å². The van der Waals surface area contributed by atoms with Crippen molar-refractivity contribution >= 4 is 11.6 Å². The smallest absolute Gasteiger partial charge is 0.262 e. The maximum Gasteiger partial charge on any atom is 0.262 e. The summed E-state index contributed by atoms with van der Waals surface area (Å²) in [5.41, 5.74) is 2.09. The normalized spacial score (nSPS) is 9.68. The van der Waals surface area contributed by atoms with Gasteiger partial charge in [0, 0.05) is 5.69 Å². The fourth-order valence-corrected chi connectivity index (χ4v) is 1.90. The zero-order valence-electron chi connectivity index (χ0n) is 12.4. The van der Waals surface area contributed by atoms with E-state index in [9.17, 15) is 4.79 Å². The van der Waals surface area contributed by atoms with Gasteiger partial charge in [-0.3, -0.25) is 4.79 Å². The summed E-state index contributed by atoms with van der Waals surface area (Å²) in [5, 5.41) is 11.5. The van der Waals surface area contributed by atoms with Gasteiger partial charge in [-0.2, -0.15) is 5.26 Å². The van der Waals surface area contributed by atoms with Gasteiger partial charge in [0.05, 0.1) is 18.7 Å². The zero-order valence-corrected chi connectivity index (χ0v) is 12.4. The van der Waals surface area contributed by atoms with E-state index in [1.807, 2.05) is 25.1 Å². The number of nitriles is 1. The summed E-state index contributed by atoms with van der Waals surface area (Å²) in [4.78, 5) is 11.9. The second-order valence-electron chi connectivity index (χ2n) is 4.68. The van der Waals surface area contributed by atoms with Crippen LogP contribution in [-0.4, -0.2) is 19.6 Å². The number of rotatable bonds is 5. The Morgan fingerprint density at radius 3 is 2.77 bits per heavy atom. The summed E-state index contributed by atoms with van der Waals surface area (Å²) < 4.78 is 10.7. The van der Waals surface area contributed by atoms with Crippen molar-refractivity contribution in [3.63, 3.8) is 0 Å². The van der Waals surface area contributed by atoms with Crippen molar-refractivity contribution in [1.82, 2.24) is 0 Å². The van der Waals surface area contributed by atoms with Gasteiger partial charge in [0.15, 0.2) is 18.1 Å². The first kappa shape index (κ1) is 15.4. The molecule has 2 rings (SSSR count). The van der Waals surface area contributed by atoms with E-state index in [4.69, 9.17) is 14.7 Å². The van der Waals surface area contributed by atoms with Crippen molar-refractivity contribution in [2.75, 3.05) is 19.0 Å². The van der Waals surface area contributed by atoms with Crippen LogP contribution in [0.2, 0.25) is 0 Å². The Balaban J connectivity index is 1.97. The van der Waals surface area contributed by atoms with Crippen LogP contribution in [0, 0.1) is 18.3 Å². The van der Waals surface area contributed by atoms with Crippen LogP contribution in [0.15, 0.2) is 42.5 Å². The largest absolute Gasteiger partial charge is 0.493 e. The molecule has 2 aromatic carbocycles. The lowest BCUT2D eigenvalue weighted by molar-refractivity contribution is -0.118. The maximum atomic E-state index is 11.9. The molecule has 0 saturated carbocycles. The first-order valence-corrected chi connectivity index (χ1v) is 6.70. The zero-order chi connectivity index (χ0) is 15.9. The van der Waals surface area contributed by atoms with E-state index < -0.39 is 0 Å². The summed E-state index contributed by atoms with van der Waals surface area (Å²) in [7, 11) is 1.55. The van der Waals surface area contributed by atoms with E-state index in [-0.39, 0.29) is 12.5 Å². The topological polar surface area (TPSA) is 71.3 Å². The third-order valence-electron chi connectivity index (χ3n) is 2.95. The Kier molecular flexibility index (Phi) is 4.99. The number of ether oxygens (including phenoxy) is 2. The Morgan fingerprint density at radius 2 is 2.05 bits per heavy atom. The molecule has 0 aromatic heterocycles. The van der Waals surface area contributed by atoms with E-state index in [1.165, 1.54) is 0 Å². The highest BCUT2D eigenvalue weighted by molar-refractivity contribution is 5.92. The fraction of sp³-hybridized carbons (Fsp3) is 0.176. The van der Waals surface area contributed by atoms with Gasteiger partial charge in [0.1, 0.15) is 0 Å². The standard InChI is InChI=1S/C17H16N2O3/c1-12-6-7-15(16(8-12)21-2)22-11-17(20)19-14-5-3-4-13(9-14)10-18/h3-9H,11H2,1-2H3,(H,19,20). The molecule has 1 N–H and O–H groups in total. The van der Waals surface area contributed by atoms with Crippen LogP contribution >= 0.6 is 0 Å². The van der Waals surface area contributed by atoms with Crippen LogP contribution in [0.3, 0.4) is 0 Å². The second kappa shape index (κ2) is 7.14. The van der Waals surface area contributed by atoms with Crippen LogP contribution in [0.4, 0.5) is 5.69 Å². The second-order valence-corrected chi connectivity index (χ2v) is 4.68. The van der Waals surface area contributed by atoms with E-state index in [0.717, 1.165) is 5.56 Å². The Hall–Kier alpha value is -3.00. The molecule has 22 heavy (non-hydrogen) atoms. The predicted octanol–water partition coefficient (Wildman–Crippen LogP) is 2.89. The third-order valence-corrected chi connectivity index (χ3v) is 2.95. The van der Waals surface area contributed by atoms with Gasteiger partial charge in [-0.05, 0) is 42.8 Å². The summed E-state index contributed by atoms with van der Waals surface area (Å²) in [6, 6.07) is 14.2. The molecule has 0 radical (unpaired) electrons. The summed E-state index contributed by atoms with van der Waals surface area (Å²) in [6.45, 7) is 1.80. The number of anilines is 1. The molecular formula is C17H16N2O3. The van der Waals surface area contributed by atoms with E-state index >= 15 is 0 Å². The van der Waals surface area contributed by atoms with Crippen molar-refractivity contribution in [2.45, 2.75) is 6.92 Å². The minimum Gasteiger partial charge on any atom is -0.493 e. The quantitative estimate of drug-likeness (QED) is 0.921. The number of carbonyl (C=O) groups is 1. The number of carbonyl (C=O) groups excluding carboxylic acids is 1. The molecule has 0 aliphatic heterocycles. The third kappa shape index (κ3) is 4.00. The minimum absolute atomic E-state index is 0.143. The van der Waals surface area contributed by atoms with Crippen molar-refractivity contribution in [3.8, 4) is 17.6 Å². The number of hydrogen-bond donors (Lipinski definition) is 1. The number of nitrogens with zero attached hydrogens (tertiary/aromatic N) is 1. The number of benzene rings is 2. The van der Waals surface area contributed by atoms with Gasteiger partial charge >= 0.3 is 0 Å². The highest BCUT2D eigenvalue weighted by Gasteiger charge is 2.08. The van der Waals surface area contributed by atoms with Gasteiger partial charge < -0.3 is 14.8 Å².